The van der Waals surface area contributed by atoms with Gasteiger partial charge in [-0.3, -0.25) is 9.69 Å². The van der Waals surface area contributed by atoms with Gasteiger partial charge < -0.3 is 10.6 Å². The minimum absolute atomic E-state index is 0.0217. The van der Waals surface area contributed by atoms with Crippen molar-refractivity contribution in [2.45, 2.75) is 25.7 Å². The number of hydrogen-bond acceptors (Lipinski definition) is 7. The van der Waals surface area contributed by atoms with E-state index in [2.05, 4.69) is 14.9 Å². The summed E-state index contributed by atoms with van der Waals surface area (Å²) in [6.45, 7) is 1.84. The quantitative estimate of drug-likeness (QED) is 0.790. The predicted molar refractivity (Wildman–Crippen MR) is 87.9 cm³/mol. The zero-order chi connectivity index (χ0) is 17.3. The fraction of sp³-hybridized carbons (Fsp3) is 0.643. The number of hydrogen-bond donors (Lipinski definition) is 1. The normalized spacial score (nSPS) is 22.2. The standard InChI is InChI=1S/C14H20FN5O3S/c15-24(22,23)9-10-6-13(21)20(8-10)12-7-11(17-14(16)18-12)19-4-2-1-3-5-19/h7,10H,1-6,8-9H2,(H2,16,17,18). The van der Waals surface area contributed by atoms with Gasteiger partial charge in [0.05, 0.1) is 5.75 Å². The molecule has 0 bridgehead atoms. The zero-order valence-electron chi connectivity index (χ0n) is 13.2. The Labute approximate surface area is 140 Å². The van der Waals surface area contributed by atoms with E-state index in [1.165, 1.54) is 11.3 Å². The number of anilines is 3. The van der Waals surface area contributed by atoms with Gasteiger partial charge in [0.15, 0.2) is 0 Å². The number of amides is 1. The van der Waals surface area contributed by atoms with Gasteiger partial charge in [-0.05, 0) is 19.3 Å². The summed E-state index contributed by atoms with van der Waals surface area (Å²) in [5, 5.41) is 0. The Hall–Kier alpha value is -1.97. The molecule has 2 aliphatic rings. The van der Waals surface area contributed by atoms with E-state index in [0.29, 0.717) is 11.6 Å². The maximum absolute atomic E-state index is 12.9. The number of halogens is 1. The monoisotopic (exact) mass is 357 g/mol. The van der Waals surface area contributed by atoms with Crippen LogP contribution in [-0.2, 0) is 15.0 Å². The van der Waals surface area contributed by atoms with E-state index in [9.17, 15) is 17.1 Å². The molecular formula is C14H20FN5O3S. The van der Waals surface area contributed by atoms with Crippen molar-refractivity contribution >= 4 is 33.7 Å². The van der Waals surface area contributed by atoms with E-state index in [4.69, 9.17) is 5.73 Å². The molecule has 0 saturated carbocycles. The Morgan fingerprint density at radius 2 is 1.88 bits per heavy atom. The van der Waals surface area contributed by atoms with E-state index in [1.807, 2.05) is 0 Å². The lowest BCUT2D eigenvalue weighted by Gasteiger charge is -2.28. The molecule has 0 spiro atoms. The van der Waals surface area contributed by atoms with Crippen LogP contribution in [0.2, 0.25) is 0 Å². The van der Waals surface area contributed by atoms with Gasteiger partial charge >= 0.3 is 10.2 Å². The summed E-state index contributed by atoms with van der Waals surface area (Å²) in [4.78, 5) is 23.9. The molecular weight excluding hydrogens is 337 g/mol. The molecule has 1 aromatic heterocycles. The Morgan fingerprint density at radius 3 is 2.54 bits per heavy atom. The Morgan fingerprint density at radius 1 is 1.21 bits per heavy atom. The Balaban J connectivity index is 1.81. The summed E-state index contributed by atoms with van der Waals surface area (Å²) in [7, 11) is -4.61. The van der Waals surface area contributed by atoms with Crippen molar-refractivity contribution in [2.24, 2.45) is 5.92 Å². The third kappa shape index (κ3) is 3.92. The van der Waals surface area contributed by atoms with Gasteiger partial charge in [0.1, 0.15) is 11.6 Å². The van der Waals surface area contributed by atoms with Crippen LogP contribution in [0.4, 0.5) is 21.5 Å². The van der Waals surface area contributed by atoms with Gasteiger partial charge in [0.25, 0.3) is 0 Å². The number of nitrogen functional groups attached to an aromatic ring is 1. The van der Waals surface area contributed by atoms with Crippen molar-refractivity contribution in [3.63, 3.8) is 0 Å². The van der Waals surface area contributed by atoms with Crippen LogP contribution in [0.15, 0.2) is 6.07 Å². The minimum Gasteiger partial charge on any atom is -0.368 e. The van der Waals surface area contributed by atoms with E-state index in [1.54, 1.807) is 6.07 Å². The van der Waals surface area contributed by atoms with E-state index in [0.717, 1.165) is 25.9 Å². The van der Waals surface area contributed by atoms with Crippen LogP contribution < -0.4 is 15.5 Å². The second-order valence-corrected chi connectivity index (χ2v) is 7.68. The highest BCUT2D eigenvalue weighted by atomic mass is 32.3. The molecule has 132 valence electrons. The van der Waals surface area contributed by atoms with Crippen LogP contribution in [0.25, 0.3) is 0 Å². The number of nitrogens with two attached hydrogens (primary N) is 1. The summed E-state index contributed by atoms with van der Waals surface area (Å²) in [6, 6.07) is 1.69. The van der Waals surface area contributed by atoms with Gasteiger partial charge in [-0.25, -0.2) is 0 Å². The van der Waals surface area contributed by atoms with Crippen LogP contribution in [0.5, 0.6) is 0 Å². The minimum atomic E-state index is -4.61. The number of aromatic nitrogens is 2. The van der Waals surface area contributed by atoms with Crippen molar-refractivity contribution in [3.05, 3.63) is 6.07 Å². The van der Waals surface area contributed by atoms with Crippen LogP contribution >= 0.6 is 0 Å². The lowest BCUT2D eigenvalue weighted by molar-refractivity contribution is -0.117. The van der Waals surface area contributed by atoms with Gasteiger partial charge in [-0.1, -0.05) is 0 Å². The lowest BCUT2D eigenvalue weighted by atomic mass is 10.1. The molecule has 3 rings (SSSR count). The van der Waals surface area contributed by atoms with Crippen LogP contribution in [0, 0.1) is 5.92 Å². The average molecular weight is 357 g/mol. The molecule has 0 radical (unpaired) electrons. The van der Waals surface area contributed by atoms with Gasteiger partial charge in [-0.15, -0.1) is 3.89 Å². The zero-order valence-corrected chi connectivity index (χ0v) is 14.0. The van der Waals surface area contributed by atoms with Crippen LogP contribution in [0.3, 0.4) is 0 Å². The van der Waals surface area contributed by atoms with Crippen molar-refractivity contribution in [1.29, 1.82) is 0 Å². The average Bonchev–Trinajstić information content (AvgIpc) is 2.86. The molecule has 2 fully saturated rings. The maximum atomic E-state index is 12.9. The largest absolute Gasteiger partial charge is 0.368 e. The molecule has 0 aromatic carbocycles. The smallest absolute Gasteiger partial charge is 0.302 e. The molecule has 3 heterocycles. The number of rotatable bonds is 4. The fourth-order valence-electron chi connectivity index (χ4n) is 3.26. The third-order valence-electron chi connectivity index (χ3n) is 4.31. The van der Waals surface area contributed by atoms with E-state index in [-0.39, 0.29) is 24.8 Å². The molecule has 8 nitrogen and oxygen atoms in total. The molecule has 1 amide bonds. The van der Waals surface area contributed by atoms with Gasteiger partial charge in [-0.2, -0.15) is 18.4 Å². The SMILES string of the molecule is Nc1nc(N2CCCCC2)cc(N2CC(CS(=O)(=O)F)CC2=O)n1. The number of piperidine rings is 1. The molecule has 1 aromatic rings. The van der Waals surface area contributed by atoms with Crippen molar-refractivity contribution < 1.29 is 17.1 Å². The highest BCUT2D eigenvalue weighted by Crippen LogP contribution is 2.28. The highest BCUT2D eigenvalue weighted by molar-refractivity contribution is 7.86. The van der Waals surface area contributed by atoms with E-state index >= 15 is 0 Å². The first-order chi connectivity index (χ1) is 11.3. The maximum Gasteiger partial charge on any atom is 0.302 e. The Kier molecular flexibility index (Phi) is 4.57. The third-order valence-corrected chi connectivity index (χ3v) is 5.18. The first kappa shape index (κ1) is 16.9. The first-order valence-corrected chi connectivity index (χ1v) is 9.49. The van der Waals surface area contributed by atoms with Crippen LogP contribution in [0.1, 0.15) is 25.7 Å². The van der Waals surface area contributed by atoms with E-state index < -0.39 is 21.9 Å². The molecule has 2 aliphatic heterocycles. The van der Waals surface area contributed by atoms with Crippen LogP contribution in [-0.4, -0.2) is 49.7 Å². The summed E-state index contributed by atoms with van der Waals surface area (Å²) in [6.07, 6.45) is 3.29. The summed E-state index contributed by atoms with van der Waals surface area (Å²) in [5.74, 6) is -0.469. The lowest BCUT2D eigenvalue weighted by Crippen LogP contribution is -2.32. The molecule has 24 heavy (non-hydrogen) atoms. The predicted octanol–water partition coefficient (Wildman–Crippen LogP) is 0.701. The highest BCUT2D eigenvalue weighted by Gasteiger charge is 2.34. The summed E-state index contributed by atoms with van der Waals surface area (Å²) < 4.78 is 34.5. The van der Waals surface area contributed by atoms with Crippen molar-refractivity contribution in [1.82, 2.24) is 9.97 Å². The number of carbonyl (C=O) groups is 1. The molecule has 0 aliphatic carbocycles. The molecule has 2 N–H and O–H groups in total. The topological polar surface area (TPSA) is 109 Å². The van der Waals surface area contributed by atoms with Gasteiger partial charge in [0.2, 0.25) is 11.9 Å². The molecule has 10 heteroatoms. The summed E-state index contributed by atoms with van der Waals surface area (Å²) in [5.41, 5.74) is 5.77. The second-order valence-electron chi connectivity index (χ2n) is 6.27. The number of nitrogens with zero attached hydrogens (tertiary/aromatic N) is 4. The van der Waals surface area contributed by atoms with Crippen molar-refractivity contribution in [3.8, 4) is 0 Å². The molecule has 1 unspecified atom stereocenters. The fourth-order valence-corrected chi connectivity index (χ4v) is 4.05. The van der Waals surface area contributed by atoms with Crippen molar-refractivity contribution in [2.75, 3.05) is 40.9 Å². The molecule has 2 saturated heterocycles. The second kappa shape index (κ2) is 6.50. The first-order valence-electron chi connectivity index (χ1n) is 7.94. The molecule has 1 atom stereocenters. The summed E-state index contributed by atoms with van der Waals surface area (Å²) >= 11 is 0. The Bertz CT molecular complexity index is 736. The number of carbonyl (C=O) groups excluding carboxylic acids is 1. The van der Waals surface area contributed by atoms with Gasteiger partial charge in [0, 0.05) is 38.0 Å².